The van der Waals surface area contributed by atoms with Crippen LogP contribution in [0.3, 0.4) is 0 Å². The van der Waals surface area contributed by atoms with Gasteiger partial charge in [-0.25, -0.2) is 9.79 Å². The minimum absolute atomic E-state index is 0.0124. The molecule has 0 amide bonds. The van der Waals surface area contributed by atoms with Crippen LogP contribution in [0.15, 0.2) is 59.2 Å². The molecule has 3 rings (SSSR count). The first-order valence-electron chi connectivity index (χ1n) is 7.49. The van der Waals surface area contributed by atoms with Gasteiger partial charge >= 0.3 is 17.6 Å². The van der Waals surface area contributed by atoms with Crippen molar-refractivity contribution < 1.29 is 24.0 Å². The van der Waals surface area contributed by atoms with Crippen LogP contribution in [0.2, 0.25) is 0 Å². The zero-order valence-corrected chi connectivity index (χ0v) is 13.5. The number of cyclic esters (lactones) is 1. The summed E-state index contributed by atoms with van der Waals surface area (Å²) in [5.41, 5.74) is 0.601. The van der Waals surface area contributed by atoms with Gasteiger partial charge in [-0.15, -0.1) is 0 Å². The lowest BCUT2D eigenvalue weighted by molar-refractivity contribution is -0.385. The van der Waals surface area contributed by atoms with Crippen molar-refractivity contribution in [3.63, 3.8) is 0 Å². The molecule has 0 saturated heterocycles. The van der Waals surface area contributed by atoms with E-state index in [0.717, 1.165) is 6.92 Å². The number of carbonyl (C=O) groups is 2. The highest BCUT2D eigenvalue weighted by atomic mass is 16.6. The predicted molar refractivity (Wildman–Crippen MR) is 91.5 cm³/mol. The van der Waals surface area contributed by atoms with Gasteiger partial charge in [-0.05, 0) is 29.8 Å². The lowest BCUT2D eigenvalue weighted by atomic mass is 10.1. The van der Waals surface area contributed by atoms with E-state index in [-0.39, 0.29) is 17.3 Å². The Bertz CT molecular complexity index is 963. The molecule has 2 aromatic rings. The number of nitro groups is 1. The van der Waals surface area contributed by atoms with E-state index < -0.39 is 22.5 Å². The fourth-order valence-corrected chi connectivity index (χ4v) is 2.28. The molecule has 0 aromatic heterocycles. The molecule has 26 heavy (non-hydrogen) atoms. The third kappa shape index (κ3) is 3.64. The zero-order chi connectivity index (χ0) is 18.7. The summed E-state index contributed by atoms with van der Waals surface area (Å²) in [6, 6.07) is 12.8. The minimum Gasteiger partial charge on any atom is -0.419 e. The summed E-state index contributed by atoms with van der Waals surface area (Å²) in [5, 5.41) is 11.2. The summed E-state index contributed by atoms with van der Waals surface area (Å²) >= 11 is 0. The molecule has 1 aliphatic rings. The first-order chi connectivity index (χ1) is 12.4. The van der Waals surface area contributed by atoms with Crippen LogP contribution < -0.4 is 4.74 Å². The van der Waals surface area contributed by atoms with Crippen LogP contribution in [0.25, 0.3) is 6.08 Å². The minimum atomic E-state index is -0.675. The average molecular weight is 352 g/mol. The Morgan fingerprint density at radius 2 is 1.96 bits per heavy atom. The summed E-state index contributed by atoms with van der Waals surface area (Å²) in [4.78, 5) is 37.6. The Morgan fingerprint density at radius 1 is 1.23 bits per heavy atom. The van der Waals surface area contributed by atoms with Gasteiger partial charge in [0.1, 0.15) is 0 Å². The third-order valence-corrected chi connectivity index (χ3v) is 3.38. The van der Waals surface area contributed by atoms with Crippen LogP contribution >= 0.6 is 0 Å². The van der Waals surface area contributed by atoms with Crippen molar-refractivity contribution in [2.24, 2.45) is 4.99 Å². The van der Waals surface area contributed by atoms with Crippen molar-refractivity contribution >= 4 is 29.6 Å². The molecule has 1 aliphatic heterocycles. The number of benzene rings is 2. The number of hydrogen-bond donors (Lipinski definition) is 0. The number of nitro benzene ring substituents is 1. The van der Waals surface area contributed by atoms with Crippen LogP contribution in [-0.2, 0) is 14.3 Å². The molecular formula is C18H12N2O6. The number of esters is 2. The van der Waals surface area contributed by atoms with Gasteiger partial charge in [0.25, 0.3) is 0 Å². The van der Waals surface area contributed by atoms with Gasteiger partial charge < -0.3 is 9.47 Å². The number of nitrogens with zero attached hydrogens (tertiary/aromatic N) is 2. The van der Waals surface area contributed by atoms with Crippen LogP contribution in [0.4, 0.5) is 5.69 Å². The number of hydrogen-bond acceptors (Lipinski definition) is 7. The quantitative estimate of drug-likeness (QED) is 0.275. The van der Waals surface area contributed by atoms with E-state index in [0.29, 0.717) is 11.1 Å². The van der Waals surface area contributed by atoms with E-state index in [9.17, 15) is 19.7 Å². The van der Waals surface area contributed by atoms with E-state index in [1.165, 1.54) is 24.3 Å². The summed E-state index contributed by atoms with van der Waals surface area (Å²) in [6.07, 6.45) is 1.36. The van der Waals surface area contributed by atoms with Crippen molar-refractivity contribution in [1.29, 1.82) is 0 Å². The van der Waals surface area contributed by atoms with Gasteiger partial charge in [0.2, 0.25) is 11.6 Å². The predicted octanol–water partition coefficient (Wildman–Crippen LogP) is 2.86. The number of aliphatic imine (C=N–C) groups is 1. The zero-order valence-electron chi connectivity index (χ0n) is 13.5. The molecule has 1 heterocycles. The fraction of sp³-hybridized carbons (Fsp3) is 0.0556. The molecule has 0 atom stereocenters. The van der Waals surface area contributed by atoms with Crippen molar-refractivity contribution in [1.82, 2.24) is 0 Å². The maximum Gasteiger partial charge on any atom is 0.363 e. The van der Waals surface area contributed by atoms with Gasteiger partial charge in [0.05, 0.1) is 4.92 Å². The van der Waals surface area contributed by atoms with Crippen molar-refractivity contribution in [2.75, 3.05) is 0 Å². The summed E-state index contributed by atoms with van der Waals surface area (Å²) in [5.74, 6) is -1.34. The van der Waals surface area contributed by atoms with Crippen LogP contribution in [0.5, 0.6) is 5.75 Å². The molecule has 0 radical (unpaired) electrons. The van der Waals surface area contributed by atoms with Crippen LogP contribution in [-0.4, -0.2) is 22.8 Å². The van der Waals surface area contributed by atoms with Gasteiger partial charge in [-0.3, -0.25) is 14.9 Å². The Labute approximate surface area is 147 Å². The van der Waals surface area contributed by atoms with Gasteiger partial charge in [0, 0.05) is 18.6 Å². The number of rotatable bonds is 4. The molecule has 8 nitrogen and oxygen atoms in total. The first-order valence-corrected chi connectivity index (χ1v) is 7.49. The molecule has 8 heteroatoms. The second kappa shape index (κ2) is 6.98. The molecular weight excluding hydrogens is 340 g/mol. The lowest BCUT2D eigenvalue weighted by Crippen LogP contribution is -2.05. The second-order valence-electron chi connectivity index (χ2n) is 5.28. The Morgan fingerprint density at radius 3 is 2.62 bits per heavy atom. The molecule has 0 fully saturated rings. The Kier molecular flexibility index (Phi) is 4.57. The van der Waals surface area contributed by atoms with E-state index in [4.69, 9.17) is 9.47 Å². The molecule has 2 aromatic carbocycles. The third-order valence-electron chi connectivity index (χ3n) is 3.38. The largest absolute Gasteiger partial charge is 0.419 e. The van der Waals surface area contributed by atoms with E-state index in [1.54, 1.807) is 24.3 Å². The second-order valence-corrected chi connectivity index (χ2v) is 5.28. The van der Waals surface area contributed by atoms with Crippen LogP contribution in [0, 0.1) is 10.1 Å². The van der Waals surface area contributed by atoms with Crippen molar-refractivity contribution in [3.8, 4) is 5.75 Å². The topological polar surface area (TPSA) is 108 Å². The summed E-state index contributed by atoms with van der Waals surface area (Å²) < 4.78 is 9.93. The molecule has 0 unspecified atom stereocenters. The molecule has 0 saturated carbocycles. The maximum atomic E-state index is 12.0. The van der Waals surface area contributed by atoms with Gasteiger partial charge in [0.15, 0.2) is 5.70 Å². The molecule has 0 bridgehead atoms. The van der Waals surface area contributed by atoms with Crippen molar-refractivity contribution in [3.05, 3.63) is 75.5 Å². The smallest absolute Gasteiger partial charge is 0.363 e. The molecule has 0 spiro atoms. The summed E-state index contributed by atoms with van der Waals surface area (Å²) in [7, 11) is 0. The molecule has 0 aliphatic carbocycles. The summed E-state index contributed by atoms with van der Waals surface area (Å²) in [6.45, 7) is 1.15. The fourth-order valence-electron chi connectivity index (χ4n) is 2.28. The van der Waals surface area contributed by atoms with E-state index >= 15 is 0 Å². The highest BCUT2D eigenvalue weighted by Gasteiger charge is 2.24. The maximum absolute atomic E-state index is 12.0. The van der Waals surface area contributed by atoms with Crippen molar-refractivity contribution in [2.45, 2.75) is 6.92 Å². The number of carbonyl (C=O) groups excluding carboxylic acids is 2. The SMILES string of the molecule is CC(=O)Oc1ccc(/C=C2\N=C(c3ccccc3)OC2=O)cc1[N+](=O)[O-]. The average Bonchev–Trinajstić information content (AvgIpc) is 2.97. The number of ether oxygens (including phenoxy) is 2. The monoisotopic (exact) mass is 352 g/mol. The lowest BCUT2D eigenvalue weighted by Gasteiger charge is -2.03. The molecule has 0 N–H and O–H groups in total. The normalized spacial score (nSPS) is 14.7. The standard InChI is InChI=1S/C18H12N2O6/c1-11(21)25-16-8-7-12(10-15(16)20(23)24)9-14-18(22)26-17(19-14)13-5-3-2-4-6-13/h2-10H,1H3/b14-9-. The van der Waals surface area contributed by atoms with Gasteiger partial charge in [-0.2, -0.15) is 0 Å². The van der Waals surface area contributed by atoms with E-state index in [2.05, 4.69) is 4.99 Å². The first kappa shape index (κ1) is 17.0. The highest BCUT2D eigenvalue weighted by Crippen LogP contribution is 2.29. The van der Waals surface area contributed by atoms with Gasteiger partial charge in [-0.1, -0.05) is 24.3 Å². The highest BCUT2D eigenvalue weighted by molar-refractivity contribution is 6.12. The molecule has 130 valence electrons. The Hall–Kier alpha value is -3.81. The van der Waals surface area contributed by atoms with Crippen LogP contribution in [0.1, 0.15) is 18.1 Å². The Balaban J connectivity index is 1.95. The van der Waals surface area contributed by atoms with E-state index in [1.807, 2.05) is 6.07 Å².